The lowest BCUT2D eigenvalue weighted by Crippen LogP contribution is -2.51. The molecule has 0 radical (unpaired) electrons. The predicted molar refractivity (Wildman–Crippen MR) is 51.3 cm³/mol. The number of carbonyl (C=O) groups excluding carboxylic acids is 1. The highest BCUT2D eigenvalue weighted by Crippen LogP contribution is 2.00. The number of nitrogens with one attached hydrogen (secondary N) is 1. The molecule has 0 aromatic carbocycles. The van der Waals surface area contributed by atoms with E-state index in [2.05, 4.69) is 16.1 Å². The van der Waals surface area contributed by atoms with E-state index >= 15 is 0 Å². The largest absolute Gasteiger partial charge is 0.341 e. The molecule has 0 aromatic heterocycles. The molecule has 1 heterocycles. The summed E-state index contributed by atoms with van der Waals surface area (Å²) >= 11 is 0. The van der Waals surface area contributed by atoms with Crippen molar-refractivity contribution in [2.24, 2.45) is 0 Å². The van der Waals surface area contributed by atoms with Gasteiger partial charge in [-0.1, -0.05) is 5.92 Å². The summed E-state index contributed by atoms with van der Waals surface area (Å²) in [4.78, 5) is 15.2. The molecule has 0 atom stereocenters. The van der Waals surface area contributed by atoms with Crippen LogP contribution in [0.3, 0.4) is 0 Å². The number of nitrogens with zero attached hydrogens (tertiary/aromatic N) is 2. The Hall–Kier alpha value is -1.21. The topological polar surface area (TPSA) is 35.6 Å². The summed E-state index contributed by atoms with van der Waals surface area (Å²) in [6.07, 6.45) is 5.20. The fourth-order valence-corrected chi connectivity index (χ4v) is 1.40. The standard InChI is InChI=1S/C9H15N3O/c1-3-4-11-5-7-12(8-6-11)9(13)10-2/h1H,4-8H2,2H3,(H,10,13). The van der Waals surface area contributed by atoms with Crippen LogP contribution < -0.4 is 5.32 Å². The Morgan fingerprint density at radius 1 is 1.46 bits per heavy atom. The maximum Gasteiger partial charge on any atom is 0.317 e. The van der Waals surface area contributed by atoms with E-state index in [1.165, 1.54) is 0 Å². The first-order valence-electron chi connectivity index (χ1n) is 4.40. The summed E-state index contributed by atoms with van der Waals surface area (Å²) in [5.74, 6) is 2.60. The fraction of sp³-hybridized carbons (Fsp3) is 0.667. The molecule has 2 amide bonds. The molecule has 72 valence electrons. The molecule has 1 saturated heterocycles. The molecule has 1 aliphatic heterocycles. The van der Waals surface area contributed by atoms with Crippen molar-refractivity contribution in [2.45, 2.75) is 0 Å². The summed E-state index contributed by atoms with van der Waals surface area (Å²) in [6, 6.07) is 0.000331. The SMILES string of the molecule is C#CCN1CCN(C(=O)NC)CC1. The van der Waals surface area contributed by atoms with Gasteiger partial charge in [0.15, 0.2) is 0 Å². The lowest BCUT2D eigenvalue weighted by Gasteiger charge is -2.33. The van der Waals surface area contributed by atoms with Crippen LogP contribution in [-0.2, 0) is 0 Å². The van der Waals surface area contributed by atoms with Crippen molar-refractivity contribution in [3.63, 3.8) is 0 Å². The van der Waals surface area contributed by atoms with Gasteiger partial charge >= 0.3 is 6.03 Å². The lowest BCUT2D eigenvalue weighted by atomic mass is 10.3. The summed E-state index contributed by atoms with van der Waals surface area (Å²) < 4.78 is 0. The highest BCUT2D eigenvalue weighted by Gasteiger charge is 2.18. The van der Waals surface area contributed by atoms with Gasteiger partial charge in [-0.2, -0.15) is 0 Å². The number of piperazine rings is 1. The maximum absolute atomic E-state index is 11.2. The Morgan fingerprint density at radius 2 is 2.08 bits per heavy atom. The zero-order valence-electron chi connectivity index (χ0n) is 7.92. The molecule has 0 saturated carbocycles. The zero-order chi connectivity index (χ0) is 9.68. The third-order valence-electron chi connectivity index (χ3n) is 2.19. The Balaban J connectivity index is 2.31. The smallest absolute Gasteiger partial charge is 0.317 e. The average Bonchev–Trinajstić information content (AvgIpc) is 2.18. The number of hydrogen-bond donors (Lipinski definition) is 1. The Morgan fingerprint density at radius 3 is 2.54 bits per heavy atom. The molecule has 0 aromatic rings. The molecule has 4 heteroatoms. The van der Waals surface area contributed by atoms with Crippen LogP contribution in [-0.4, -0.2) is 55.6 Å². The van der Waals surface area contributed by atoms with E-state index in [9.17, 15) is 4.79 Å². The number of carbonyl (C=O) groups is 1. The van der Waals surface area contributed by atoms with Crippen molar-refractivity contribution in [3.8, 4) is 12.3 Å². The Bertz CT molecular complexity index is 213. The van der Waals surface area contributed by atoms with Crippen LogP contribution >= 0.6 is 0 Å². The van der Waals surface area contributed by atoms with Crippen LogP contribution in [0.5, 0.6) is 0 Å². The van der Waals surface area contributed by atoms with Crippen molar-refractivity contribution in [1.29, 1.82) is 0 Å². The zero-order valence-corrected chi connectivity index (χ0v) is 7.92. The first-order chi connectivity index (χ1) is 6.27. The van der Waals surface area contributed by atoms with Gasteiger partial charge in [-0.05, 0) is 0 Å². The second-order valence-corrected chi connectivity index (χ2v) is 3.02. The van der Waals surface area contributed by atoms with Gasteiger partial charge in [0.25, 0.3) is 0 Å². The minimum atomic E-state index is 0.000331. The van der Waals surface area contributed by atoms with Crippen molar-refractivity contribution < 1.29 is 4.79 Å². The fourth-order valence-electron chi connectivity index (χ4n) is 1.40. The van der Waals surface area contributed by atoms with Gasteiger partial charge in [-0.25, -0.2) is 4.79 Å². The van der Waals surface area contributed by atoms with E-state index in [1.54, 1.807) is 11.9 Å². The lowest BCUT2D eigenvalue weighted by molar-refractivity contribution is 0.149. The van der Waals surface area contributed by atoms with E-state index in [4.69, 9.17) is 6.42 Å². The summed E-state index contributed by atoms with van der Waals surface area (Å²) in [6.45, 7) is 3.96. The number of urea groups is 1. The van der Waals surface area contributed by atoms with Crippen LogP contribution in [0, 0.1) is 12.3 Å². The van der Waals surface area contributed by atoms with Crippen molar-refractivity contribution in [1.82, 2.24) is 15.1 Å². The number of terminal acetylenes is 1. The molecule has 0 bridgehead atoms. The molecule has 1 fully saturated rings. The van der Waals surface area contributed by atoms with Crippen molar-refractivity contribution in [3.05, 3.63) is 0 Å². The number of rotatable bonds is 1. The minimum Gasteiger partial charge on any atom is -0.341 e. The Labute approximate surface area is 78.9 Å². The quantitative estimate of drug-likeness (QED) is 0.557. The molecule has 1 rings (SSSR count). The van der Waals surface area contributed by atoms with E-state index in [1.807, 2.05) is 0 Å². The van der Waals surface area contributed by atoms with Gasteiger partial charge in [0.2, 0.25) is 0 Å². The highest BCUT2D eigenvalue weighted by molar-refractivity contribution is 5.73. The third-order valence-corrected chi connectivity index (χ3v) is 2.19. The van der Waals surface area contributed by atoms with Crippen LogP contribution in [0.2, 0.25) is 0 Å². The molecule has 0 aliphatic carbocycles. The van der Waals surface area contributed by atoms with Gasteiger partial charge in [0.1, 0.15) is 0 Å². The molecular formula is C9H15N3O. The second-order valence-electron chi connectivity index (χ2n) is 3.02. The molecule has 4 nitrogen and oxygen atoms in total. The van der Waals surface area contributed by atoms with Crippen LogP contribution in [0.25, 0.3) is 0 Å². The van der Waals surface area contributed by atoms with Crippen LogP contribution in [0.1, 0.15) is 0 Å². The summed E-state index contributed by atoms with van der Waals surface area (Å²) in [7, 11) is 1.65. The summed E-state index contributed by atoms with van der Waals surface area (Å²) in [5.41, 5.74) is 0. The number of hydrogen-bond acceptors (Lipinski definition) is 2. The first-order valence-corrected chi connectivity index (χ1v) is 4.40. The van der Waals surface area contributed by atoms with E-state index in [-0.39, 0.29) is 6.03 Å². The summed E-state index contributed by atoms with van der Waals surface area (Å²) in [5, 5.41) is 2.61. The van der Waals surface area contributed by atoms with Gasteiger partial charge in [-0.15, -0.1) is 6.42 Å². The van der Waals surface area contributed by atoms with E-state index < -0.39 is 0 Å². The minimum absolute atomic E-state index is 0.000331. The highest BCUT2D eigenvalue weighted by atomic mass is 16.2. The monoisotopic (exact) mass is 181 g/mol. The normalized spacial score (nSPS) is 18.0. The van der Waals surface area contributed by atoms with Crippen molar-refractivity contribution in [2.75, 3.05) is 39.8 Å². The van der Waals surface area contributed by atoms with Crippen LogP contribution in [0.15, 0.2) is 0 Å². The predicted octanol–water partition coefficient (Wildman–Crippen LogP) is -0.423. The molecule has 1 N–H and O–H groups in total. The van der Waals surface area contributed by atoms with E-state index in [0.717, 1.165) is 26.2 Å². The van der Waals surface area contributed by atoms with Gasteiger partial charge < -0.3 is 10.2 Å². The van der Waals surface area contributed by atoms with Gasteiger partial charge in [-0.3, -0.25) is 4.90 Å². The van der Waals surface area contributed by atoms with Gasteiger partial charge in [0, 0.05) is 33.2 Å². The maximum atomic E-state index is 11.2. The van der Waals surface area contributed by atoms with Crippen molar-refractivity contribution >= 4 is 6.03 Å². The van der Waals surface area contributed by atoms with Crippen LogP contribution in [0.4, 0.5) is 4.79 Å². The molecule has 1 aliphatic rings. The third kappa shape index (κ3) is 2.63. The molecule has 0 unspecified atom stereocenters. The average molecular weight is 181 g/mol. The first kappa shape index (κ1) is 9.87. The number of amides is 2. The second kappa shape index (κ2) is 4.73. The van der Waals surface area contributed by atoms with Gasteiger partial charge in [0.05, 0.1) is 6.54 Å². The molecular weight excluding hydrogens is 166 g/mol. The molecule has 13 heavy (non-hydrogen) atoms. The Kier molecular flexibility index (Phi) is 3.59. The molecule has 0 spiro atoms. The van der Waals surface area contributed by atoms with E-state index in [0.29, 0.717) is 6.54 Å².